The van der Waals surface area contributed by atoms with Crippen molar-refractivity contribution in [3.8, 4) is 5.75 Å². The Balaban J connectivity index is 2.01. The van der Waals surface area contributed by atoms with Crippen molar-refractivity contribution in [2.75, 3.05) is 19.5 Å². The average Bonchev–Trinajstić information content (AvgIpc) is 2.43. The van der Waals surface area contributed by atoms with Gasteiger partial charge < -0.3 is 30.2 Å². The molecule has 1 unspecified atom stereocenters. The van der Waals surface area contributed by atoms with E-state index >= 15 is 0 Å². The van der Waals surface area contributed by atoms with Gasteiger partial charge in [-0.05, 0) is 24.3 Å². The minimum Gasteiger partial charge on any atom is -0.465 e. The SMILES string of the molecule is CO[C@@H]1CC(Oc2ccc(N)cc2)O[C@H](CO)[C@@H]1O. The molecule has 0 bridgehead atoms. The average molecular weight is 269 g/mol. The van der Waals surface area contributed by atoms with Crippen LogP contribution < -0.4 is 10.5 Å². The molecule has 1 aliphatic heterocycles. The van der Waals surface area contributed by atoms with Crippen LogP contribution in [0.15, 0.2) is 24.3 Å². The molecule has 106 valence electrons. The summed E-state index contributed by atoms with van der Waals surface area (Å²) in [6.45, 7) is -0.289. The third kappa shape index (κ3) is 3.36. The number of benzene rings is 1. The van der Waals surface area contributed by atoms with Gasteiger partial charge in [-0.3, -0.25) is 0 Å². The Hall–Kier alpha value is -1.34. The van der Waals surface area contributed by atoms with E-state index in [1.807, 2.05) is 0 Å². The molecule has 1 fully saturated rings. The minimum absolute atomic E-state index is 0.289. The Kier molecular flexibility index (Phi) is 4.60. The van der Waals surface area contributed by atoms with Crippen LogP contribution in [-0.4, -0.2) is 48.5 Å². The highest BCUT2D eigenvalue weighted by Crippen LogP contribution is 2.25. The number of nitrogen functional groups attached to an aromatic ring is 1. The Labute approximate surface area is 111 Å². The summed E-state index contributed by atoms with van der Waals surface area (Å²) in [6.07, 6.45) is -2.18. The fraction of sp³-hybridized carbons (Fsp3) is 0.538. The van der Waals surface area contributed by atoms with E-state index in [1.165, 1.54) is 7.11 Å². The molecular formula is C13H19NO5. The van der Waals surface area contributed by atoms with Crippen LogP contribution in [0.2, 0.25) is 0 Å². The predicted octanol–water partition coefficient (Wildman–Crippen LogP) is 0.131. The van der Waals surface area contributed by atoms with E-state index in [-0.39, 0.29) is 6.61 Å². The van der Waals surface area contributed by atoms with Crippen LogP contribution in [0.3, 0.4) is 0 Å². The van der Waals surface area contributed by atoms with Gasteiger partial charge in [0.05, 0.1) is 12.7 Å². The van der Waals surface area contributed by atoms with Crippen LogP contribution >= 0.6 is 0 Å². The maximum atomic E-state index is 9.87. The Bertz CT molecular complexity index is 383. The fourth-order valence-corrected chi connectivity index (χ4v) is 2.06. The number of hydrogen-bond acceptors (Lipinski definition) is 6. The molecule has 1 aromatic carbocycles. The van der Waals surface area contributed by atoms with Crippen molar-refractivity contribution in [1.29, 1.82) is 0 Å². The van der Waals surface area contributed by atoms with Crippen molar-refractivity contribution >= 4 is 5.69 Å². The molecule has 1 aromatic rings. The lowest BCUT2D eigenvalue weighted by Gasteiger charge is -2.37. The van der Waals surface area contributed by atoms with Gasteiger partial charge in [-0.15, -0.1) is 0 Å². The van der Waals surface area contributed by atoms with Crippen LogP contribution in [-0.2, 0) is 9.47 Å². The molecule has 2 rings (SSSR count). The molecule has 6 nitrogen and oxygen atoms in total. The molecule has 0 saturated carbocycles. The lowest BCUT2D eigenvalue weighted by Crippen LogP contribution is -2.52. The number of anilines is 1. The van der Waals surface area contributed by atoms with Gasteiger partial charge in [0.15, 0.2) is 0 Å². The molecule has 19 heavy (non-hydrogen) atoms. The number of methoxy groups -OCH3 is 1. The zero-order chi connectivity index (χ0) is 13.8. The number of hydrogen-bond donors (Lipinski definition) is 3. The van der Waals surface area contributed by atoms with Gasteiger partial charge in [-0.2, -0.15) is 0 Å². The molecule has 1 heterocycles. The van der Waals surface area contributed by atoms with Crippen molar-refractivity contribution < 1.29 is 24.4 Å². The highest BCUT2D eigenvalue weighted by atomic mass is 16.7. The number of aliphatic hydroxyl groups excluding tert-OH is 2. The van der Waals surface area contributed by atoms with Gasteiger partial charge in [0, 0.05) is 19.2 Å². The summed E-state index contributed by atoms with van der Waals surface area (Å²) in [5, 5.41) is 19.0. The molecule has 0 spiro atoms. The van der Waals surface area contributed by atoms with Crippen LogP contribution in [0.1, 0.15) is 6.42 Å². The van der Waals surface area contributed by atoms with Gasteiger partial charge in [0.25, 0.3) is 0 Å². The standard InChI is InChI=1S/C13H19NO5/c1-17-10-6-12(19-11(7-15)13(10)16)18-9-4-2-8(14)3-5-9/h2-5,10-13,15-16H,6-7,14H2,1H3/t10-,11-,12?,13-/m1/s1. The fourth-order valence-electron chi connectivity index (χ4n) is 2.06. The first-order chi connectivity index (χ1) is 9.13. The molecule has 1 aliphatic rings. The lowest BCUT2D eigenvalue weighted by molar-refractivity contribution is -0.234. The largest absolute Gasteiger partial charge is 0.465 e. The summed E-state index contributed by atoms with van der Waals surface area (Å²) >= 11 is 0. The molecule has 6 heteroatoms. The van der Waals surface area contributed by atoms with E-state index in [9.17, 15) is 10.2 Å². The van der Waals surface area contributed by atoms with Gasteiger partial charge in [0.1, 0.15) is 18.0 Å². The lowest BCUT2D eigenvalue weighted by atomic mass is 10.0. The quantitative estimate of drug-likeness (QED) is 0.673. The summed E-state index contributed by atoms with van der Waals surface area (Å²) in [7, 11) is 1.51. The first-order valence-corrected chi connectivity index (χ1v) is 6.13. The Morgan fingerprint density at radius 2 is 2.05 bits per heavy atom. The van der Waals surface area contributed by atoms with Crippen molar-refractivity contribution in [2.45, 2.75) is 31.0 Å². The minimum atomic E-state index is -0.860. The van der Waals surface area contributed by atoms with Gasteiger partial charge in [-0.1, -0.05) is 0 Å². The number of nitrogens with two attached hydrogens (primary N) is 1. The second kappa shape index (κ2) is 6.21. The zero-order valence-corrected chi connectivity index (χ0v) is 10.7. The molecule has 0 amide bonds. The summed E-state index contributed by atoms with van der Waals surface area (Å²) in [5.41, 5.74) is 6.24. The Morgan fingerprint density at radius 3 is 2.63 bits per heavy atom. The smallest absolute Gasteiger partial charge is 0.202 e. The first-order valence-electron chi connectivity index (χ1n) is 6.13. The topological polar surface area (TPSA) is 94.2 Å². The van der Waals surface area contributed by atoms with E-state index < -0.39 is 24.6 Å². The third-order valence-corrected chi connectivity index (χ3v) is 3.14. The highest BCUT2D eigenvalue weighted by molar-refractivity contribution is 5.41. The van der Waals surface area contributed by atoms with Gasteiger partial charge in [-0.25, -0.2) is 0 Å². The third-order valence-electron chi connectivity index (χ3n) is 3.14. The molecular weight excluding hydrogens is 250 g/mol. The molecule has 4 atom stereocenters. The maximum absolute atomic E-state index is 9.87. The molecule has 1 saturated heterocycles. The number of ether oxygens (including phenoxy) is 3. The highest BCUT2D eigenvalue weighted by Gasteiger charge is 2.38. The first kappa shape index (κ1) is 14.1. The van der Waals surface area contributed by atoms with E-state index in [0.717, 1.165) is 0 Å². The number of aliphatic hydroxyl groups is 2. The summed E-state index contributed by atoms with van der Waals surface area (Å²) < 4.78 is 16.3. The van der Waals surface area contributed by atoms with Crippen molar-refractivity contribution in [3.63, 3.8) is 0 Å². The van der Waals surface area contributed by atoms with E-state index in [0.29, 0.717) is 17.9 Å². The van der Waals surface area contributed by atoms with Crippen LogP contribution in [0, 0.1) is 0 Å². The Morgan fingerprint density at radius 1 is 1.37 bits per heavy atom. The van der Waals surface area contributed by atoms with Gasteiger partial charge >= 0.3 is 0 Å². The van der Waals surface area contributed by atoms with E-state index in [2.05, 4.69) is 0 Å². The van der Waals surface area contributed by atoms with Crippen molar-refractivity contribution in [1.82, 2.24) is 0 Å². The normalized spacial score (nSPS) is 31.1. The second-order valence-corrected chi connectivity index (χ2v) is 4.47. The number of rotatable bonds is 4. The maximum Gasteiger partial charge on any atom is 0.202 e. The molecule has 0 aliphatic carbocycles. The van der Waals surface area contributed by atoms with Crippen molar-refractivity contribution in [2.24, 2.45) is 0 Å². The second-order valence-electron chi connectivity index (χ2n) is 4.47. The van der Waals surface area contributed by atoms with E-state index in [4.69, 9.17) is 19.9 Å². The van der Waals surface area contributed by atoms with E-state index in [1.54, 1.807) is 24.3 Å². The van der Waals surface area contributed by atoms with Crippen LogP contribution in [0.5, 0.6) is 5.75 Å². The molecule has 0 aromatic heterocycles. The predicted molar refractivity (Wildman–Crippen MR) is 68.7 cm³/mol. The molecule has 4 N–H and O–H groups in total. The van der Waals surface area contributed by atoms with Crippen molar-refractivity contribution in [3.05, 3.63) is 24.3 Å². The monoisotopic (exact) mass is 269 g/mol. The molecule has 0 radical (unpaired) electrons. The van der Waals surface area contributed by atoms with Crippen LogP contribution in [0.4, 0.5) is 5.69 Å². The summed E-state index contributed by atoms with van der Waals surface area (Å²) in [6, 6.07) is 6.92. The summed E-state index contributed by atoms with van der Waals surface area (Å²) in [4.78, 5) is 0. The summed E-state index contributed by atoms with van der Waals surface area (Å²) in [5.74, 6) is 0.613. The van der Waals surface area contributed by atoms with Crippen LogP contribution in [0.25, 0.3) is 0 Å². The zero-order valence-electron chi connectivity index (χ0n) is 10.7. The van der Waals surface area contributed by atoms with Gasteiger partial charge in [0.2, 0.25) is 6.29 Å².